The molecule has 0 saturated heterocycles. The van der Waals surface area contributed by atoms with Crippen LogP contribution < -0.4 is 4.90 Å². The molecule has 1 heterocycles. The third-order valence-corrected chi connectivity index (χ3v) is 10.0. The summed E-state index contributed by atoms with van der Waals surface area (Å²) in [5, 5.41) is 2.30. The Balaban J connectivity index is 1.21. The zero-order chi connectivity index (χ0) is 34.4. The first-order chi connectivity index (χ1) is 25.8. The summed E-state index contributed by atoms with van der Waals surface area (Å²) in [6, 6.07) is 68.8. The molecule has 0 fully saturated rings. The first-order valence-corrected chi connectivity index (χ1v) is 17.6. The summed E-state index contributed by atoms with van der Waals surface area (Å²) in [6.45, 7) is 0. The number of benzene rings is 8. The lowest BCUT2D eigenvalue weighted by Gasteiger charge is -2.29. The van der Waals surface area contributed by atoms with Gasteiger partial charge in [0.15, 0.2) is 5.76 Å². The molecule has 52 heavy (non-hydrogen) atoms. The Morgan fingerprint density at radius 2 is 0.923 bits per heavy atom. The lowest BCUT2D eigenvalue weighted by molar-refractivity contribution is 0.590. The minimum atomic E-state index is 0.642. The van der Waals surface area contributed by atoms with Gasteiger partial charge in [0.25, 0.3) is 0 Å². The van der Waals surface area contributed by atoms with Crippen molar-refractivity contribution in [2.45, 2.75) is 0 Å². The van der Waals surface area contributed by atoms with Gasteiger partial charge in [0, 0.05) is 38.8 Å². The minimum Gasteiger partial charge on any atom is -0.435 e. The molecule has 0 N–H and O–H groups in total. The van der Waals surface area contributed by atoms with Crippen LogP contribution in [0.2, 0.25) is 0 Å². The van der Waals surface area contributed by atoms with Gasteiger partial charge in [-0.05, 0) is 88.0 Å². The molecule has 0 aliphatic heterocycles. The maximum absolute atomic E-state index is 6.52. The van der Waals surface area contributed by atoms with Gasteiger partial charge in [-0.3, -0.25) is 0 Å². The minimum absolute atomic E-state index is 0.642. The van der Waals surface area contributed by atoms with Crippen LogP contribution in [-0.2, 0) is 0 Å². The summed E-state index contributed by atoms with van der Waals surface area (Å²) in [7, 11) is 0. The van der Waals surface area contributed by atoms with E-state index in [1.165, 1.54) is 16.7 Å². The lowest BCUT2D eigenvalue weighted by atomic mass is 9.96. The van der Waals surface area contributed by atoms with Crippen molar-refractivity contribution in [2.24, 2.45) is 0 Å². The average Bonchev–Trinajstić information content (AvgIpc) is 3.79. The zero-order valence-corrected chi connectivity index (χ0v) is 28.3. The fourth-order valence-electron chi connectivity index (χ4n) is 7.58. The van der Waals surface area contributed by atoms with Crippen LogP contribution in [-0.4, -0.2) is 4.98 Å². The molecule has 3 nitrogen and oxygen atoms in total. The Labute approximate surface area is 302 Å². The van der Waals surface area contributed by atoms with Crippen molar-refractivity contribution in [2.75, 3.05) is 4.90 Å². The monoisotopic (exact) mass is 664 g/mol. The number of hydrogen-bond acceptors (Lipinski definition) is 3. The molecule has 0 unspecified atom stereocenters. The molecule has 9 aromatic rings. The quantitative estimate of drug-likeness (QED) is 0.170. The van der Waals surface area contributed by atoms with Crippen LogP contribution in [0.1, 0.15) is 0 Å². The molecule has 0 bridgehead atoms. The molecule has 8 aromatic carbocycles. The van der Waals surface area contributed by atoms with E-state index in [9.17, 15) is 0 Å². The predicted octanol–water partition coefficient (Wildman–Crippen LogP) is 13.6. The van der Waals surface area contributed by atoms with Gasteiger partial charge in [0.2, 0.25) is 5.89 Å². The molecule has 0 atom stereocenters. The average molecular weight is 665 g/mol. The Morgan fingerprint density at radius 1 is 0.385 bits per heavy atom. The Hall–Kier alpha value is -6.97. The fourth-order valence-corrected chi connectivity index (χ4v) is 7.58. The van der Waals surface area contributed by atoms with Gasteiger partial charge in [-0.15, -0.1) is 0 Å². The van der Waals surface area contributed by atoms with Crippen molar-refractivity contribution in [1.29, 1.82) is 0 Å². The van der Waals surface area contributed by atoms with Gasteiger partial charge in [0.1, 0.15) is 5.69 Å². The molecular weight excluding hydrogens is 633 g/mol. The van der Waals surface area contributed by atoms with Crippen LogP contribution in [0.5, 0.6) is 0 Å². The molecular formula is C49H32N2O. The number of oxazole rings is 1. The van der Waals surface area contributed by atoms with Gasteiger partial charge in [0.05, 0.1) is 5.69 Å². The highest BCUT2D eigenvalue weighted by atomic mass is 16.4. The third kappa shape index (κ3) is 5.10. The number of hydrogen-bond donors (Lipinski definition) is 0. The highest BCUT2D eigenvalue weighted by Gasteiger charge is 2.30. The van der Waals surface area contributed by atoms with Crippen LogP contribution in [0.25, 0.3) is 78.2 Å². The van der Waals surface area contributed by atoms with E-state index in [1.54, 1.807) is 0 Å². The largest absolute Gasteiger partial charge is 0.435 e. The summed E-state index contributed by atoms with van der Waals surface area (Å²) in [5.74, 6) is 1.47. The molecule has 1 aliphatic carbocycles. The highest BCUT2D eigenvalue weighted by molar-refractivity contribution is 6.17. The zero-order valence-electron chi connectivity index (χ0n) is 28.3. The topological polar surface area (TPSA) is 29.3 Å². The molecule has 1 aromatic heterocycles. The van der Waals surface area contributed by atoms with E-state index in [4.69, 9.17) is 9.40 Å². The van der Waals surface area contributed by atoms with Crippen molar-refractivity contribution in [3.8, 4) is 67.4 Å². The smallest absolute Gasteiger partial charge is 0.227 e. The lowest BCUT2D eigenvalue weighted by Crippen LogP contribution is -2.11. The van der Waals surface area contributed by atoms with Crippen LogP contribution in [0.3, 0.4) is 0 Å². The van der Waals surface area contributed by atoms with Crippen LogP contribution in [0.15, 0.2) is 199 Å². The number of rotatable bonds is 7. The van der Waals surface area contributed by atoms with Gasteiger partial charge < -0.3 is 9.32 Å². The number of nitrogens with zero attached hydrogens (tertiary/aromatic N) is 2. The number of aromatic nitrogens is 1. The Kier molecular flexibility index (Phi) is 7.14. The molecule has 1 aliphatic rings. The van der Waals surface area contributed by atoms with Crippen molar-refractivity contribution < 1.29 is 4.42 Å². The standard InChI is InChI=1S/C49H32N2O/c1-5-15-33(16-6-1)37-23-13-24-40(30-37)51(41-31-38(34-17-7-2-8-18-34)29-39(32-41)35-19-9-3-10-20-35)45-28-27-43-46-42(45)25-14-26-44(46)48-47(43)50-49(52-48)36-21-11-4-12-22-36/h1-32H. The summed E-state index contributed by atoms with van der Waals surface area (Å²) in [6.07, 6.45) is 0. The second-order valence-corrected chi connectivity index (χ2v) is 13.2. The summed E-state index contributed by atoms with van der Waals surface area (Å²) >= 11 is 0. The normalized spacial score (nSPS) is 11.5. The summed E-state index contributed by atoms with van der Waals surface area (Å²) in [5.41, 5.74) is 14.3. The van der Waals surface area contributed by atoms with E-state index in [-0.39, 0.29) is 0 Å². The van der Waals surface area contributed by atoms with E-state index in [1.807, 2.05) is 30.3 Å². The second kappa shape index (κ2) is 12.4. The van der Waals surface area contributed by atoms with E-state index >= 15 is 0 Å². The highest BCUT2D eigenvalue weighted by Crippen LogP contribution is 2.52. The van der Waals surface area contributed by atoms with Crippen molar-refractivity contribution >= 4 is 27.8 Å². The van der Waals surface area contributed by atoms with E-state index < -0.39 is 0 Å². The van der Waals surface area contributed by atoms with E-state index in [0.717, 1.165) is 72.7 Å². The van der Waals surface area contributed by atoms with Crippen molar-refractivity contribution in [1.82, 2.24) is 4.98 Å². The van der Waals surface area contributed by atoms with E-state index in [2.05, 4.69) is 169 Å². The maximum Gasteiger partial charge on any atom is 0.227 e. The SMILES string of the molecule is c1ccc(-c2cccc(N(c3cc(-c4ccccc4)cc(-c4ccccc4)c3)c3ccc4c5c(cccc35)-c3oc(-c5ccccc5)nc3-4)c2)cc1. The van der Waals surface area contributed by atoms with Crippen molar-refractivity contribution in [3.63, 3.8) is 0 Å². The summed E-state index contributed by atoms with van der Waals surface area (Å²) < 4.78 is 6.52. The maximum atomic E-state index is 6.52. The van der Waals surface area contributed by atoms with Gasteiger partial charge >= 0.3 is 0 Å². The number of anilines is 3. The third-order valence-electron chi connectivity index (χ3n) is 10.0. The Morgan fingerprint density at radius 3 is 1.56 bits per heavy atom. The molecule has 244 valence electrons. The van der Waals surface area contributed by atoms with Crippen LogP contribution >= 0.6 is 0 Å². The van der Waals surface area contributed by atoms with Gasteiger partial charge in [-0.1, -0.05) is 140 Å². The van der Waals surface area contributed by atoms with Gasteiger partial charge in [-0.2, -0.15) is 0 Å². The first-order valence-electron chi connectivity index (χ1n) is 17.6. The molecule has 0 spiro atoms. The summed E-state index contributed by atoms with van der Waals surface area (Å²) in [4.78, 5) is 7.46. The van der Waals surface area contributed by atoms with Crippen molar-refractivity contribution in [3.05, 3.63) is 194 Å². The van der Waals surface area contributed by atoms with Gasteiger partial charge in [-0.25, -0.2) is 4.98 Å². The molecule has 0 amide bonds. The van der Waals surface area contributed by atoms with Crippen LogP contribution in [0, 0.1) is 0 Å². The first kappa shape index (κ1) is 29.9. The predicted molar refractivity (Wildman–Crippen MR) is 215 cm³/mol. The molecule has 0 radical (unpaired) electrons. The molecule has 3 heteroatoms. The fraction of sp³-hybridized carbons (Fsp3) is 0. The molecule has 10 rings (SSSR count). The molecule has 0 saturated carbocycles. The second-order valence-electron chi connectivity index (χ2n) is 13.2. The Bertz CT molecular complexity index is 2630. The van der Waals surface area contributed by atoms with Crippen LogP contribution in [0.4, 0.5) is 17.1 Å². The number of fused-ring (bicyclic) bond motifs is 3. The van der Waals surface area contributed by atoms with E-state index in [0.29, 0.717) is 5.89 Å².